The highest BCUT2D eigenvalue weighted by Gasteiger charge is 2.43. The Morgan fingerprint density at radius 1 is 1.35 bits per heavy atom. The summed E-state index contributed by atoms with van der Waals surface area (Å²) in [6.45, 7) is 6.31. The molecule has 1 spiro atoms. The Balaban J connectivity index is 1.23. The van der Waals surface area contributed by atoms with Crippen molar-refractivity contribution < 1.29 is 9.53 Å². The van der Waals surface area contributed by atoms with Gasteiger partial charge in [0.1, 0.15) is 0 Å². The van der Waals surface area contributed by atoms with Crippen molar-refractivity contribution in [2.24, 2.45) is 5.92 Å². The molecule has 0 saturated carbocycles. The van der Waals surface area contributed by atoms with E-state index in [2.05, 4.69) is 34.3 Å². The number of benzene rings is 1. The second kappa shape index (κ2) is 8.19. The zero-order valence-corrected chi connectivity index (χ0v) is 19.0. The largest absolute Gasteiger partial charge is 0.370 e. The maximum atomic E-state index is 11.8. The van der Waals surface area contributed by atoms with Crippen molar-refractivity contribution in [2.45, 2.75) is 57.3 Å². The smallest absolute Gasteiger partial charge is 0.222 e. The van der Waals surface area contributed by atoms with Crippen molar-refractivity contribution in [2.75, 3.05) is 26.7 Å². The van der Waals surface area contributed by atoms with Gasteiger partial charge in [-0.15, -0.1) is 5.10 Å². The molecule has 3 atom stereocenters. The van der Waals surface area contributed by atoms with E-state index in [-0.39, 0.29) is 11.5 Å². The molecule has 3 aliphatic heterocycles. The summed E-state index contributed by atoms with van der Waals surface area (Å²) in [6.07, 6.45) is 5.49. The second-order valence-electron chi connectivity index (χ2n) is 9.44. The number of hydrogen-bond donors (Lipinski definition) is 0. The van der Waals surface area contributed by atoms with Crippen molar-refractivity contribution in [3.63, 3.8) is 0 Å². The molecule has 2 fully saturated rings. The fourth-order valence-corrected chi connectivity index (χ4v) is 5.71. The summed E-state index contributed by atoms with van der Waals surface area (Å²) < 4.78 is 8.30. The molecule has 1 unspecified atom stereocenters. The van der Waals surface area contributed by atoms with Crippen molar-refractivity contribution in [1.29, 1.82) is 0 Å². The molecule has 2 aromatic rings. The molecule has 4 heterocycles. The molecule has 166 valence electrons. The molecule has 8 heteroatoms. The first-order valence-electron chi connectivity index (χ1n) is 11.2. The topological polar surface area (TPSA) is 63.5 Å². The predicted molar refractivity (Wildman–Crippen MR) is 118 cm³/mol. The van der Waals surface area contributed by atoms with Gasteiger partial charge in [0.2, 0.25) is 5.91 Å². The number of aromatic nitrogens is 3. The number of halogens is 1. The number of nitrogens with zero attached hydrogens (tertiary/aromatic N) is 5. The fourth-order valence-electron chi connectivity index (χ4n) is 5.54. The van der Waals surface area contributed by atoms with E-state index in [4.69, 9.17) is 16.3 Å². The van der Waals surface area contributed by atoms with E-state index in [9.17, 15) is 4.79 Å². The summed E-state index contributed by atoms with van der Waals surface area (Å²) >= 11 is 6.33. The van der Waals surface area contributed by atoms with E-state index in [0.29, 0.717) is 18.4 Å². The first kappa shape index (κ1) is 20.9. The van der Waals surface area contributed by atoms with Crippen LogP contribution in [0.5, 0.6) is 0 Å². The Morgan fingerprint density at radius 2 is 2.23 bits per heavy atom. The Morgan fingerprint density at radius 3 is 3.00 bits per heavy atom. The number of rotatable bonds is 4. The number of likely N-dealkylation sites (tertiary alicyclic amines) is 2. The van der Waals surface area contributed by atoms with Crippen molar-refractivity contribution in [3.8, 4) is 0 Å². The third kappa shape index (κ3) is 4.11. The second-order valence-corrected chi connectivity index (χ2v) is 9.88. The monoisotopic (exact) mass is 443 g/mol. The molecule has 31 heavy (non-hydrogen) atoms. The highest BCUT2D eigenvalue weighted by molar-refractivity contribution is 6.30. The van der Waals surface area contributed by atoms with Crippen molar-refractivity contribution >= 4 is 17.5 Å². The lowest BCUT2D eigenvalue weighted by Gasteiger charge is -2.48. The van der Waals surface area contributed by atoms with Gasteiger partial charge in [0.05, 0.1) is 17.9 Å². The lowest BCUT2D eigenvalue weighted by molar-refractivity contribution is -0.126. The van der Waals surface area contributed by atoms with Gasteiger partial charge in [0, 0.05) is 62.8 Å². The van der Waals surface area contributed by atoms with Crippen molar-refractivity contribution in [1.82, 2.24) is 24.8 Å². The average Bonchev–Trinajstić information content (AvgIpc) is 3.30. The van der Waals surface area contributed by atoms with Crippen LogP contribution in [-0.4, -0.2) is 63.5 Å². The summed E-state index contributed by atoms with van der Waals surface area (Å²) in [5.41, 5.74) is 3.40. The maximum absolute atomic E-state index is 11.8. The zero-order chi connectivity index (χ0) is 21.6. The Bertz CT molecular complexity index is 979. The van der Waals surface area contributed by atoms with Crippen molar-refractivity contribution in [3.05, 3.63) is 46.2 Å². The summed E-state index contributed by atoms with van der Waals surface area (Å²) in [6, 6.07) is 6.62. The standard InChI is InChI=1S/C23H30ClN5O2/c1-16-11-23(21-10-19(24)4-3-18(21)5-8-31-23)6-7-28(16)14-20-15-29(26-25-20)13-17-9-22(30)27(2)12-17/h3-4,10,15-17H,5-9,11-14H2,1-2H3/t16-,17?,23+/m0/s1. The molecule has 2 saturated heterocycles. The fraction of sp³-hybridized carbons (Fsp3) is 0.609. The van der Waals surface area contributed by atoms with Crippen LogP contribution in [-0.2, 0) is 34.6 Å². The van der Waals surface area contributed by atoms with Gasteiger partial charge >= 0.3 is 0 Å². The lowest BCUT2D eigenvalue weighted by Crippen LogP contribution is -2.50. The first-order chi connectivity index (χ1) is 14.9. The van der Waals surface area contributed by atoms with E-state index < -0.39 is 0 Å². The molecule has 1 aromatic heterocycles. The molecule has 0 N–H and O–H groups in total. The Kier molecular flexibility index (Phi) is 5.52. The predicted octanol–water partition coefficient (Wildman–Crippen LogP) is 2.86. The first-order valence-corrected chi connectivity index (χ1v) is 11.6. The lowest BCUT2D eigenvalue weighted by atomic mass is 9.77. The summed E-state index contributed by atoms with van der Waals surface area (Å²) in [4.78, 5) is 16.0. The summed E-state index contributed by atoms with van der Waals surface area (Å²) in [5.74, 6) is 0.533. The molecule has 0 aliphatic carbocycles. The summed E-state index contributed by atoms with van der Waals surface area (Å²) in [7, 11) is 1.86. The third-order valence-corrected chi connectivity index (χ3v) is 7.42. The number of hydrogen-bond acceptors (Lipinski definition) is 5. The van der Waals surface area contributed by atoms with E-state index in [1.807, 2.05) is 24.0 Å². The van der Waals surface area contributed by atoms with Crippen LogP contribution in [0.2, 0.25) is 5.02 Å². The molecule has 0 radical (unpaired) electrons. The third-order valence-electron chi connectivity index (χ3n) is 7.18. The molecule has 7 nitrogen and oxygen atoms in total. The van der Waals surface area contributed by atoms with Crippen LogP contribution in [0.1, 0.15) is 43.0 Å². The SMILES string of the molecule is C[C@H]1C[C@@]2(CCN1Cc1cn(CC3CC(=O)N(C)C3)nn1)OCCc1ccc(Cl)cc12. The van der Waals surface area contributed by atoms with Crippen LogP contribution in [0.4, 0.5) is 0 Å². The van der Waals surface area contributed by atoms with E-state index in [1.54, 1.807) is 4.90 Å². The minimum absolute atomic E-state index is 0.217. The Hall–Kier alpha value is -1.96. The van der Waals surface area contributed by atoms with E-state index in [1.165, 1.54) is 11.1 Å². The Labute approximate surface area is 188 Å². The zero-order valence-electron chi connectivity index (χ0n) is 18.3. The number of piperidine rings is 1. The maximum Gasteiger partial charge on any atom is 0.222 e. The van der Waals surface area contributed by atoms with Gasteiger partial charge < -0.3 is 9.64 Å². The van der Waals surface area contributed by atoms with E-state index in [0.717, 1.165) is 62.8 Å². The van der Waals surface area contributed by atoms with Gasteiger partial charge in [-0.1, -0.05) is 22.9 Å². The van der Waals surface area contributed by atoms with Gasteiger partial charge in [0.25, 0.3) is 0 Å². The van der Waals surface area contributed by atoms with E-state index >= 15 is 0 Å². The average molecular weight is 444 g/mol. The molecular formula is C23H30ClN5O2. The van der Waals surface area contributed by atoms with Gasteiger partial charge in [-0.3, -0.25) is 14.4 Å². The van der Waals surface area contributed by atoms with Gasteiger partial charge in [-0.05, 0) is 49.4 Å². The van der Waals surface area contributed by atoms with Crippen LogP contribution in [0.25, 0.3) is 0 Å². The normalized spacial score (nSPS) is 29.0. The molecular weight excluding hydrogens is 414 g/mol. The van der Waals surface area contributed by atoms with Crippen LogP contribution < -0.4 is 0 Å². The van der Waals surface area contributed by atoms with Crippen LogP contribution >= 0.6 is 11.6 Å². The molecule has 5 rings (SSSR count). The van der Waals surface area contributed by atoms with Crippen LogP contribution in [0.15, 0.2) is 24.4 Å². The van der Waals surface area contributed by atoms with Gasteiger partial charge in [0.15, 0.2) is 0 Å². The highest BCUT2D eigenvalue weighted by Crippen LogP contribution is 2.44. The number of fused-ring (bicyclic) bond motifs is 2. The number of carbonyl (C=O) groups excluding carboxylic acids is 1. The van der Waals surface area contributed by atoms with Gasteiger partial charge in [-0.25, -0.2) is 0 Å². The number of carbonyl (C=O) groups is 1. The minimum atomic E-state index is -0.229. The van der Waals surface area contributed by atoms with Gasteiger partial charge in [-0.2, -0.15) is 0 Å². The number of amides is 1. The number of ether oxygens (including phenoxy) is 1. The molecule has 1 amide bonds. The molecule has 3 aliphatic rings. The molecule has 0 bridgehead atoms. The summed E-state index contributed by atoms with van der Waals surface area (Å²) in [5, 5.41) is 9.50. The quantitative estimate of drug-likeness (QED) is 0.727. The minimum Gasteiger partial charge on any atom is -0.370 e. The molecule has 1 aromatic carbocycles. The highest BCUT2D eigenvalue weighted by atomic mass is 35.5. The van der Waals surface area contributed by atoms with Crippen LogP contribution in [0.3, 0.4) is 0 Å². The van der Waals surface area contributed by atoms with Crippen LogP contribution in [0, 0.1) is 5.92 Å².